The SMILES string of the molecule is O=C1CC(Nc2ccccc2F)C(=O)N1c1ccc(O)cc1. The van der Waals surface area contributed by atoms with Crippen LogP contribution in [0, 0.1) is 5.82 Å². The molecule has 1 aliphatic rings. The standard InChI is InChI=1S/C16H13FN2O3/c17-12-3-1-2-4-13(12)18-14-9-15(21)19(16(14)22)10-5-7-11(20)8-6-10/h1-8,14,18,20H,9H2. The molecule has 2 aromatic carbocycles. The largest absolute Gasteiger partial charge is 0.508 e. The summed E-state index contributed by atoms with van der Waals surface area (Å²) in [5.41, 5.74) is 0.562. The van der Waals surface area contributed by atoms with Crippen molar-refractivity contribution < 1.29 is 19.1 Å². The Kier molecular flexibility index (Phi) is 3.50. The van der Waals surface area contributed by atoms with E-state index in [0.717, 1.165) is 4.90 Å². The summed E-state index contributed by atoms with van der Waals surface area (Å²) < 4.78 is 13.6. The molecule has 3 rings (SSSR count). The molecule has 2 aromatic rings. The van der Waals surface area contributed by atoms with Gasteiger partial charge < -0.3 is 10.4 Å². The topological polar surface area (TPSA) is 69.6 Å². The lowest BCUT2D eigenvalue weighted by atomic mass is 10.2. The van der Waals surface area contributed by atoms with Gasteiger partial charge in [0.1, 0.15) is 17.6 Å². The minimum atomic E-state index is -0.807. The maximum absolute atomic E-state index is 13.6. The van der Waals surface area contributed by atoms with Gasteiger partial charge in [0.2, 0.25) is 5.91 Å². The summed E-state index contributed by atoms with van der Waals surface area (Å²) in [6, 6.07) is 10.9. The van der Waals surface area contributed by atoms with Crippen molar-refractivity contribution >= 4 is 23.2 Å². The van der Waals surface area contributed by atoms with Crippen molar-refractivity contribution in [1.29, 1.82) is 0 Å². The Morgan fingerprint density at radius 3 is 2.45 bits per heavy atom. The number of hydrogen-bond acceptors (Lipinski definition) is 4. The summed E-state index contributed by atoms with van der Waals surface area (Å²) >= 11 is 0. The molecule has 1 unspecified atom stereocenters. The third-order valence-corrected chi connectivity index (χ3v) is 3.46. The van der Waals surface area contributed by atoms with Gasteiger partial charge in [-0.3, -0.25) is 9.59 Å². The molecule has 112 valence electrons. The van der Waals surface area contributed by atoms with Crippen LogP contribution in [0.2, 0.25) is 0 Å². The summed E-state index contributed by atoms with van der Waals surface area (Å²) in [7, 11) is 0. The smallest absolute Gasteiger partial charge is 0.256 e. The molecule has 0 bridgehead atoms. The molecule has 1 heterocycles. The average Bonchev–Trinajstić information content (AvgIpc) is 2.77. The number of benzene rings is 2. The van der Waals surface area contributed by atoms with Gasteiger partial charge in [-0.25, -0.2) is 9.29 Å². The molecule has 0 aromatic heterocycles. The molecule has 1 fully saturated rings. The van der Waals surface area contributed by atoms with E-state index in [1.54, 1.807) is 12.1 Å². The molecular formula is C16H13FN2O3. The van der Waals surface area contributed by atoms with Crippen LogP contribution in [0.15, 0.2) is 48.5 Å². The highest BCUT2D eigenvalue weighted by Crippen LogP contribution is 2.26. The molecule has 1 aliphatic heterocycles. The summed E-state index contributed by atoms with van der Waals surface area (Å²) in [4.78, 5) is 25.5. The monoisotopic (exact) mass is 300 g/mol. The first-order valence-electron chi connectivity index (χ1n) is 6.73. The first kappa shape index (κ1) is 14.1. The van der Waals surface area contributed by atoms with Crippen LogP contribution in [0.5, 0.6) is 5.75 Å². The Balaban J connectivity index is 1.82. The maximum atomic E-state index is 13.6. The van der Waals surface area contributed by atoms with Crippen molar-refractivity contribution in [1.82, 2.24) is 0 Å². The van der Waals surface area contributed by atoms with E-state index in [4.69, 9.17) is 0 Å². The third kappa shape index (κ3) is 2.50. The van der Waals surface area contributed by atoms with E-state index in [0.29, 0.717) is 5.69 Å². The van der Waals surface area contributed by atoms with Crippen molar-refractivity contribution in [3.8, 4) is 5.75 Å². The molecule has 22 heavy (non-hydrogen) atoms. The van der Waals surface area contributed by atoms with Gasteiger partial charge in [0, 0.05) is 0 Å². The number of aromatic hydroxyl groups is 1. The van der Waals surface area contributed by atoms with E-state index in [-0.39, 0.29) is 23.8 Å². The van der Waals surface area contributed by atoms with Crippen molar-refractivity contribution in [3.63, 3.8) is 0 Å². The number of para-hydroxylation sites is 1. The minimum Gasteiger partial charge on any atom is -0.508 e. The quantitative estimate of drug-likeness (QED) is 0.853. The predicted molar refractivity (Wildman–Crippen MR) is 79.0 cm³/mol. The molecule has 1 saturated heterocycles. The number of phenolic OH excluding ortho intramolecular Hbond substituents is 1. The van der Waals surface area contributed by atoms with Gasteiger partial charge in [-0.05, 0) is 36.4 Å². The van der Waals surface area contributed by atoms with E-state index in [2.05, 4.69) is 5.32 Å². The fourth-order valence-corrected chi connectivity index (χ4v) is 2.38. The van der Waals surface area contributed by atoms with Crippen LogP contribution in [0.3, 0.4) is 0 Å². The Bertz CT molecular complexity index is 730. The number of anilines is 2. The van der Waals surface area contributed by atoms with Crippen LogP contribution in [0.4, 0.5) is 15.8 Å². The van der Waals surface area contributed by atoms with Crippen LogP contribution in [0.25, 0.3) is 0 Å². The first-order valence-corrected chi connectivity index (χ1v) is 6.73. The van der Waals surface area contributed by atoms with Crippen LogP contribution < -0.4 is 10.2 Å². The highest BCUT2D eigenvalue weighted by atomic mass is 19.1. The Labute approximate surface area is 126 Å². The lowest BCUT2D eigenvalue weighted by molar-refractivity contribution is -0.121. The summed E-state index contributed by atoms with van der Waals surface area (Å²) in [5.74, 6) is -1.25. The molecule has 0 aliphatic carbocycles. The fraction of sp³-hybridized carbons (Fsp3) is 0.125. The molecule has 1 atom stereocenters. The number of phenols is 1. The number of nitrogens with one attached hydrogen (secondary N) is 1. The second-order valence-electron chi connectivity index (χ2n) is 4.96. The van der Waals surface area contributed by atoms with Gasteiger partial charge in [-0.1, -0.05) is 12.1 Å². The number of imide groups is 1. The van der Waals surface area contributed by atoms with Crippen molar-refractivity contribution in [2.75, 3.05) is 10.2 Å². The Hall–Kier alpha value is -2.89. The number of amides is 2. The highest BCUT2D eigenvalue weighted by molar-refractivity contribution is 6.23. The first-order chi connectivity index (χ1) is 10.6. The molecule has 5 nitrogen and oxygen atoms in total. The van der Waals surface area contributed by atoms with Crippen molar-refractivity contribution in [2.24, 2.45) is 0 Å². The van der Waals surface area contributed by atoms with Gasteiger partial charge in [0.05, 0.1) is 17.8 Å². The van der Waals surface area contributed by atoms with E-state index < -0.39 is 17.8 Å². The molecule has 2 N–H and O–H groups in total. The number of nitrogens with zero attached hydrogens (tertiary/aromatic N) is 1. The van der Waals surface area contributed by atoms with E-state index in [9.17, 15) is 19.1 Å². The van der Waals surface area contributed by atoms with Crippen molar-refractivity contribution in [2.45, 2.75) is 12.5 Å². The van der Waals surface area contributed by atoms with Crippen molar-refractivity contribution in [3.05, 3.63) is 54.3 Å². The number of carbonyl (C=O) groups is 2. The van der Waals surface area contributed by atoms with Gasteiger partial charge in [0.15, 0.2) is 0 Å². The Morgan fingerprint density at radius 1 is 1.09 bits per heavy atom. The zero-order valence-corrected chi connectivity index (χ0v) is 11.5. The Morgan fingerprint density at radius 2 is 1.77 bits per heavy atom. The number of hydrogen-bond donors (Lipinski definition) is 2. The van der Waals surface area contributed by atoms with Crippen LogP contribution >= 0.6 is 0 Å². The molecule has 0 saturated carbocycles. The normalized spacial score (nSPS) is 17.9. The second kappa shape index (κ2) is 5.48. The number of carbonyl (C=O) groups excluding carboxylic acids is 2. The minimum absolute atomic E-state index is 0.0453. The summed E-state index contributed by atoms with van der Waals surface area (Å²) in [5, 5.41) is 12.0. The van der Waals surface area contributed by atoms with Gasteiger partial charge in [-0.15, -0.1) is 0 Å². The van der Waals surface area contributed by atoms with Gasteiger partial charge >= 0.3 is 0 Å². The highest BCUT2D eigenvalue weighted by Gasteiger charge is 2.39. The van der Waals surface area contributed by atoms with E-state index >= 15 is 0 Å². The van der Waals surface area contributed by atoms with E-state index in [1.165, 1.54) is 36.4 Å². The molecule has 2 amide bonds. The van der Waals surface area contributed by atoms with Gasteiger partial charge in [0.25, 0.3) is 5.91 Å². The zero-order chi connectivity index (χ0) is 15.7. The number of rotatable bonds is 3. The van der Waals surface area contributed by atoms with E-state index in [1.807, 2.05) is 0 Å². The fourth-order valence-electron chi connectivity index (χ4n) is 2.38. The van der Waals surface area contributed by atoms with Crippen LogP contribution in [0.1, 0.15) is 6.42 Å². The molecule has 0 spiro atoms. The third-order valence-electron chi connectivity index (χ3n) is 3.46. The van der Waals surface area contributed by atoms with Crippen LogP contribution in [-0.4, -0.2) is 23.0 Å². The molecular weight excluding hydrogens is 287 g/mol. The predicted octanol–water partition coefficient (Wildman–Crippen LogP) is 2.28. The summed E-state index contributed by atoms with van der Waals surface area (Å²) in [6.45, 7) is 0. The lowest BCUT2D eigenvalue weighted by Crippen LogP contribution is -2.34. The lowest BCUT2D eigenvalue weighted by Gasteiger charge is -2.16. The van der Waals surface area contributed by atoms with Gasteiger partial charge in [-0.2, -0.15) is 0 Å². The summed E-state index contributed by atoms with van der Waals surface area (Å²) in [6.07, 6.45) is -0.0476. The van der Waals surface area contributed by atoms with Crippen LogP contribution in [-0.2, 0) is 9.59 Å². The maximum Gasteiger partial charge on any atom is 0.256 e. The zero-order valence-electron chi connectivity index (χ0n) is 11.5. The molecule has 6 heteroatoms. The number of halogens is 1. The average molecular weight is 300 g/mol. The second-order valence-corrected chi connectivity index (χ2v) is 4.96. The molecule has 0 radical (unpaired) electrons.